The second kappa shape index (κ2) is 5.10. The molecule has 0 bridgehead atoms. The summed E-state index contributed by atoms with van der Waals surface area (Å²) in [5, 5.41) is 0.570. The maximum absolute atomic E-state index is 6.04. The first-order chi connectivity index (χ1) is 8.79. The van der Waals surface area contributed by atoms with Crippen LogP contribution in [0.3, 0.4) is 0 Å². The summed E-state index contributed by atoms with van der Waals surface area (Å²) in [6, 6.07) is 8.31. The lowest BCUT2D eigenvalue weighted by molar-refractivity contribution is 0.590. The van der Waals surface area contributed by atoms with Gasteiger partial charge < -0.3 is 0 Å². The van der Waals surface area contributed by atoms with E-state index in [1.807, 2.05) is 19.1 Å². The Morgan fingerprint density at radius 3 is 2.05 bits per heavy atom. The van der Waals surface area contributed by atoms with Crippen molar-refractivity contribution in [1.29, 1.82) is 0 Å². The van der Waals surface area contributed by atoms with Gasteiger partial charge in [-0.1, -0.05) is 56.6 Å². The lowest BCUT2D eigenvalue weighted by atomic mass is 9.86. The second-order valence-electron chi connectivity index (χ2n) is 5.58. The zero-order valence-electron chi connectivity index (χ0n) is 11.5. The summed E-state index contributed by atoms with van der Waals surface area (Å²) >= 11 is 11.9. The van der Waals surface area contributed by atoms with E-state index in [2.05, 4.69) is 42.9 Å². The summed E-state index contributed by atoms with van der Waals surface area (Å²) in [6.07, 6.45) is 0. The Balaban J connectivity index is 2.49. The molecule has 19 heavy (non-hydrogen) atoms. The Labute approximate surface area is 123 Å². The van der Waals surface area contributed by atoms with Gasteiger partial charge in [-0.3, -0.25) is 0 Å². The molecule has 0 unspecified atom stereocenters. The molecule has 2 aromatic rings. The van der Waals surface area contributed by atoms with Crippen LogP contribution in [0.5, 0.6) is 0 Å². The molecule has 0 atom stereocenters. The highest BCUT2D eigenvalue weighted by atomic mass is 35.5. The van der Waals surface area contributed by atoms with E-state index in [9.17, 15) is 0 Å². The monoisotopic (exact) mass is 294 g/mol. The molecule has 0 amide bonds. The minimum atomic E-state index is 0.133. The fraction of sp³-hybridized carbons (Fsp3) is 0.333. The fourth-order valence-electron chi connectivity index (χ4n) is 1.87. The van der Waals surface area contributed by atoms with Gasteiger partial charge in [0.2, 0.25) is 5.28 Å². The molecule has 2 rings (SSSR count). The fourth-order valence-corrected chi connectivity index (χ4v) is 2.25. The van der Waals surface area contributed by atoms with Crippen LogP contribution in [0.15, 0.2) is 24.3 Å². The normalized spacial score (nSPS) is 11.7. The van der Waals surface area contributed by atoms with Crippen LogP contribution in [0.1, 0.15) is 31.9 Å². The average molecular weight is 295 g/mol. The predicted molar refractivity (Wildman–Crippen MR) is 80.9 cm³/mol. The zero-order chi connectivity index (χ0) is 14.2. The van der Waals surface area contributed by atoms with E-state index in [0.717, 1.165) is 16.8 Å². The van der Waals surface area contributed by atoms with Crippen molar-refractivity contribution in [1.82, 2.24) is 9.97 Å². The Morgan fingerprint density at radius 1 is 0.947 bits per heavy atom. The third kappa shape index (κ3) is 3.07. The summed E-state index contributed by atoms with van der Waals surface area (Å²) in [6.45, 7) is 8.45. The van der Waals surface area contributed by atoms with Crippen LogP contribution in [0.2, 0.25) is 10.4 Å². The lowest BCUT2D eigenvalue weighted by Gasteiger charge is -2.19. The summed E-state index contributed by atoms with van der Waals surface area (Å²) in [5.74, 6) is 0. The van der Waals surface area contributed by atoms with Crippen molar-refractivity contribution in [3.63, 3.8) is 0 Å². The van der Waals surface area contributed by atoms with E-state index in [-0.39, 0.29) is 10.7 Å². The van der Waals surface area contributed by atoms with Gasteiger partial charge in [0, 0.05) is 11.1 Å². The van der Waals surface area contributed by atoms with Gasteiger partial charge in [-0.25, -0.2) is 9.97 Å². The summed E-state index contributed by atoms with van der Waals surface area (Å²) in [5.41, 5.74) is 4.03. The van der Waals surface area contributed by atoms with Gasteiger partial charge in [0.1, 0.15) is 5.15 Å². The third-order valence-electron chi connectivity index (χ3n) is 3.08. The minimum absolute atomic E-state index is 0.133. The highest BCUT2D eigenvalue weighted by Gasteiger charge is 2.15. The van der Waals surface area contributed by atoms with Gasteiger partial charge in [0.05, 0.1) is 5.69 Å². The number of hydrogen-bond donors (Lipinski definition) is 0. The molecule has 0 fully saturated rings. The van der Waals surface area contributed by atoms with Crippen molar-refractivity contribution in [3.05, 3.63) is 45.8 Å². The van der Waals surface area contributed by atoms with Crippen LogP contribution in [0.25, 0.3) is 11.3 Å². The van der Waals surface area contributed by atoms with Crippen molar-refractivity contribution >= 4 is 23.2 Å². The molecule has 100 valence electrons. The summed E-state index contributed by atoms with van der Waals surface area (Å²) < 4.78 is 0. The van der Waals surface area contributed by atoms with E-state index in [0.29, 0.717) is 5.15 Å². The molecule has 0 aliphatic rings. The molecule has 1 aromatic heterocycles. The average Bonchev–Trinajstić information content (AvgIpc) is 2.33. The summed E-state index contributed by atoms with van der Waals surface area (Å²) in [4.78, 5) is 8.20. The lowest BCUT2D eigenvalue weighted by Crippen LogP contribution is -2.10. The van der Waals surface area contributed by atoms with Gasteiger partial charge in [-0.15, -0.1) is 0 Å². The van der Waals surface area contributed by atoms with Crippen LogP contribution in [-0.4, -0.2) is 9.97 Å². The molecule has 0 radical (unpaired) electrons. The molecule has 4 heteroatoms. The SMILES string of the molecule is Cc1c(Cl)nc(Cl)nc1-c1ccc(C(C)(C)C)cc1. The quantitative estimate of drug-likeness (QED) is 0.543. The van der Waals surface area contributed by atoms with Crippen molar-refractivity contribution in [3.8, 4) is 11.3 Å². The van der Waals surface area contributed by atoms with Gasteiger partial charge >= 0.3 is 0 Å². The van der Waals surface area contributed by atoms with Gasteiger partial charge in [0.15, 0.2) is 0 Å². The Hall–Kier alpha value is -1.12. The smallest absolute Gasteiger partial charge is 0.218 e. The number of aromatic nitrogens is 2. The van der Waals surface area contributed by atoms with Crippen LogP contribution >= 0.6 is 23.2 Å². The molecule has 0 aliphatic carbocycles. The summed E-state index contributed by atoms with van der Waals surface area (Å²) in [7, 11) is 0. The third-order valence-corrected chi connectivity index (χ3v) is 3.62. The van der Waals surface area contributed by atoms with Crippen LogP contribution < -0.4 is 0 Å². The van der Waals surface area contributed by atoms with Crippen molar-refractivity contribution in [2.75, 3.05) is 0 Å². The number of nitrogens with zero attached hydrogens (tertiary/aromatic N) is 2. The van der Waals surface area contributed by atoms with E-state index in [4.69, 9.17) is 23.2 Å². The zero-order valence-corrected chi connectivity index (χ0v) is 13.0. The highest BCUT2D eigenvalue weighted by Crippen LogP contribution is 2.29. The van der Waals surface area contributed by atoms with Crippen molar-refractivity contribution in [2.24, 2.45) is 0 Å². The number of benzene rings is 1. The van der Waals surface area contributed by atoms with Crippen LogP contribution in [0, 0.1) is 6.92 Å². The molecule has 2 nitrogen and oxygen atoms in total. The van der Waals surface area contributed by atoms with E-state index in [1.54, 1.807) is 0 Å². The van der Waals surface area contributed by atoms with Gasteiger partial charge in [-0.2, -0.15) is 0 Å². The minimum Gasteiger partial charge on any atom is -0.218 e. The number of halogens is 2. The standard InChI is InChI=1S/C15H16Cl2N2/c1-9-12(18-14(17)19-13(9)16)10-5-7-11(8-6-10)15(2,3)4/h5-8H,1-4H3. The molecule has 0 aliphatic heterocycles. The second-order valence-corrected chi connectivity index (χ2v) is 6.28. The molecule has 0 saturated carbocycles. The Kier molecular flexibility index (Phi) is 3.84. The predicted octanol–water partition coefficient (Wildman–Crippen LogP) is 5.06. The van der Waals surface area contributed by atoms with Gasteiger partial charge in [0.25, 0.3) is 0 Å². The van der Waals surface area contributed by atoms with Gasteiger partial charge in [-0.05, 0) is 29.5 Å². The van der Waals surface area contributed by atoms with E-state index in [1.165, 1.54) is 5.56 Å². The molecular formula is C15H16Cl2N2. The molecule has 1 heterocycles. The van der Waals surface area contributed by atoms with Crippen molar-refractivity contribution < 1.29 is 0 Å². The Morgan fingerprint density at radius 2 is 1.53 bits per heavy atom. The highest BCUT2D eigenvalue weighted by molar-refractivity contribution is 6.32. The van der Waals surface area contributed by atoms with E-state index >= 15 is 0 Å². The molecular weight excluding hydrogens is 279 g/mol. The Bertz CT molecular complexity index is 599. The first-order valence-corrected chi connectivity index (χ1v) is 6.85. The molecule has 1 aromatic carbocycles. The molecule has 0 spiro atoms. The van der Waals surface area contributed by atoms with Crippen LogP contribution in [-0.2, 0) is 5.41 Å². The maximum atomic E-state index is 6.04. The molecule has 0 N–H and O–H groups in total. The number of hydrogen-bond acceptors (Lipinski definition) is 2. The van der Waals surface area contributed by atoms with Crippen molar-refractivity contribution in [2.45, 2.75) is 33.1 Å². The van der Waals surface area contributed by atoms with Crippen LogP contribution in [0.4, 0.5) is 0 Å². The molecule has 0 saturated heterocycles. The first-order valence-electron chi connectivity index (χ1n) is 6.09. The largest absolute Gasteiger partial charge is 0.224 e. The maximum Gasteiger partial charge on any atom is 0.224 e. The number of rotatable bonds is 1. The first kappa shape index (κ1) is 14.3. The van der Waals surface area contributed by atoms with E-state index < -0.39 is 0 Å². The topological polar surface area (TPSA) is 25.8 Å².